The minimum atomic E-state index is -1.05. The van der Waals surface area contributed by atoms with E-state index < -0.39 is 12.6 Å². The van der Waals surface area contributed by atoms with Gasteiger partial charge in [0.05, 0.1) is 19.7 Å². The Morgan fingerprint density at radius 1 is 1.42 bits per heavy atom. The second-order valence-electron chi connectivity index (χ2n) is 4.65. The third kappa shape index (κ3) is 4.72. The first-order valence-corrected chi connectivity index (χ1v) is 8.87. The molecule has 0 amide bonds. The van der Waals surface area contributed by atoms with Gasteiger partial charge < -0.3 is 9.84 Å². The molecule has 0 aliphatic rings. The monoisotopic (exact) mass is 517 g/mol. The molecule has 0 aliphatic heterocycles. The smallest absolute Gasteiger partial charge is 0.341 e. The Kier molecular flexibility index (Phi) is 6.66. The lowest BCUT2D eigenvalue weighted by Gasteiger charge is -2.10. The lowest BCUT2D eigenvalue weighted by atomic mass is 10.0. The van der Waals surface area contributed by atoms with Crippen molar-refractivity contribution in [2.24, 2.45) is 0 Å². The van der Waals surface area contributed by atoms with Gasteiger partial charge in [0.15, 0.2) is 6.61 Å². The van der Waals surface area contributed by atoms with E-state index in [-0.39, 0.29) is 0 Å². The van der Waals surface area contributed by atoms with Gasteiger partial charge in [-0.3, -0.25) is 0 Å². The van der Waals surface area contributed by atoms with Crippen LogP contribution in [0.25, 0.3) is 11.6 Å². The summed E-state index contributed by atoms with van der Waals surface area (Å²) in [6.07, 6.45) is 1.72. The number of carboxylic acid groups (broad SMARTS) is 1. The molecule has 24 heavy (non-hydrogen) atoms. The molecular formula is C17H10BrClINO3. The van der Waals surface area contributed by atoms with Gasteiger partial charge in [0.2, 0.25) is 0 Å². The number of halogens is 3. The molecule has 0 fully saturated rings. The van der Waals surface area contributed by atoms with Crippen LogP contribution < -0.4 is 4.74 Å². The van der Waals surface area contributed by atoms with Crippen LogP contribution >= 0.6 is 50.1 Å². The summed E-state index contributed by atoms with van der Waals surface area (Å²) >= 11 is 11.6. The van der Waals surface area contributed by atoms with E-state index in [0.717, 1.165) is 9.13 Å². The lowest BCUT2D eigenvalue weighted by molar-refractivity contribution is -0.139. The highest BCUT2D eigenvalue weighted by atomic mass is 127. The van der Waals surface area contributed by atoms with Gasteiger partial charge in [0, 0.05) is 10.6 Å². The van der Waals surface area contributed by atoms with Crippen molar-refractivity contribution in [2.75, 3.05) is 6.61 Å². The summed E-state index contributed by atoms with van der Waals surface area (Å²) in [5.41, 5.74) is 1.85. The highest BCUT2D eigenvalue weighted by molar-refractivity contribution is 14.1. The first-order valence-electron chi connectivity index (χ1n) is 6.62. The summed E-state index contributed by atoms with van der Waals surface area (Å²) in [6, 6.07) is 12.8. The van der Waals surface area contributed by atoms with E-state index in [1.54, 1.807) is 36.4 Å². The fourth-order valence-corrected chi connectivity index (χ4v) is 3.96. The Morgan fingerprint density at radius 3 is 2.71 bits per heavy atom. The van der Waals surface area contributed by atoms with Gasteiger partial charge in [-0.1, -0.05) is 29.8 Å². The second kappa shape index (κ2) is 8.51. The molecule has 2 aromatic rings. The SMILES string of the molecule is N#CC(=Cc1cc(Br)c(OCC(=O)O)c(I)c1)c1ccccc1Cl. The molecule has 0 unspecified atom stereocenters. The summed E-state index contributed by atoms with van der Waals surface area (Å²) in [5, 5.41) is 18.6. The molecule has 2 rings (SSSR count). The Bertz CT molecular complexity index is 838. The molecule has 0 saturated carbocycles. The third-order valence-corrected chi connectivity index (χ3v) is 4.68. The van der Waals surface area contributed by atoms with Crippen LogP contribution in [0.1, 0.15) is 11.1 Å². The van der Waals surface area contributed by atoms with E-state index in [1.165, 1.54) is 0 Å². The second-order valence-corrected chi connectivity index (χ2v) is 7.07. The Hall–Kier alpha value is -1.56. The fraction of sp³-hybridized carbons (Fsp3) is 0.0588. The van der Waals surface area contributed by atoms with Crippen LogP contribution in [-0.2, 0) is 4.79 Å². The van der Waals surface area contributed by atoms with Gasteiger partial charge in [-0.05, 0) is 68.4 Å². The van der Waals surface area contributed by atoms with Gasteiger partial charge in [-0.25, -0.2) is 4.79 Å². The van der Waals surface area contributed by atoms with Crippen molar-refractivity contribution in [1.82, 2.24) is 0 Å². The van der Waals surface area contributed by atoms with E-state index in [2.05, 4.69) is 44.6 Å². The molecule has 4 nitrogen and oxygen atoms in total. The molecule has 0 radical (unpaired) electrons. The molecule has 0 aliphatic carbocycles. The molecule has 0 atom stereocenters. The quantitative estimate of drug-likeness (QED) is 0.334. The van der Waals surface area contributed by atoms with Gasteiger partial charge in [-0.2, -0.15) is 5.26 Å². The van der Waals surface area contributed by atoms with Crippen LogP contribution in [0.4, 0.5) is 0 Å². The van der Waals surface area contributed by atoms with Gasteiger partial charge in [-0.15, -0.1) is 0 Å². The van der Waals surface area contributed by atoms with Crippen molar-refractivity contribution >= 4 is 67.7 Å². The van der Waals surface area contributed by atoms with Crippen LogP contribution in [0.5, 0.6) is 5.75 Å². The lowest BCUT2D eigenvalue weighted by Crippen LogP contribution is -2.10. The molecule has 1 N–H and O–H groups in total. The number of carbonyl (C=O) groups is 1. The summed E-state index contributed by atoms with van der Waals surface area (Å²) in [7, 11) is 0. The Morgan fingerprint density at radius 2 is 2.12 bits per heavy atom. The summed E-state index contributed by atoms with van der Waals surface area (Å²) in [5.74, 6) is -0.599. The van der Waals surface area contributed by atoms with Gasteiger partial charge >= 0.3 is 5.97 Å². The van der Waals surface area contributed by atoms with Crippen molar-refractivity contribution in [3.05, 3.63) is 60.6 Å². The van der Waals surface area contributed by atoms with E-state index >= 15 is 0 Å². The maximum absolute atomic E-state index is 10.6. The van der Waals surface area contributed by atoms with Crippen LogP contribution in [-0.4, -0.2) is 17.7 Å². The van der Waals surface area contributed by atoms with Crippen LogP contribution in [0.15, 0.2) is 40.9 Å². The molecule has 122 valence electrons. The van der Waals surface area contributed by atoms with Crippen molar-refractivity contribution in [2.45, 2.75) is 0 Å². The normalized spacial score (nSPS) is 11.0. The fourth-order valence-electron chi connectivity index (χ4n) is 1.95. The minimum Gasteiger partial charge on any atom is -0.480 e. The minimum absolute atomic E-state index is 0.424. The highest BCUT2D eigenvalue weighted by Crippen LogP contribution is 2.34. The van der Waals surface area contributed by atoms with E-state index in [1.807, 2.05) is 6.07 Å². The molecule has 2 aromatic carbocycles. The Labute approximate surface area is 166 Å². The van der Waals surface area contributed by atoms with Crippen LogP contribution in [0, 0.1) is 14.9 Å². The summed E-state index contributed by atoms with van der Waals surface area (Å²) in [6.45, 7) is -0.424. The maximum atomic E-state index is 10.6. The Balaban J connectivity index is 2.40. The van der Waals surface area contributed by atoms with E-state index in [0.29, 0.717) is 26.4 Å². The number of allylic oxidation sites excluding steroid dienone is 1. The zero-order chi connectivity index (χ0) is 17.7. The number of aliphatic carboxylic acids is 1. The standard InChI is InChI=1S/C17H10BrClINO3/c18-13-6-10(7-15(20)17(13)24-9-16(22)23)5-11(8-21)12-3-1-2-4-14(12)19/h1-7H,9H2,(H,22,23). The molecule has 0 heterocycles. The third-order valence-electron chi connectivity index (χ3n) is 2.96. The predicted octanol–water partition coefficient (Wildman–Crippen LogP) is 5.23. The molecule has 0 saturated heterocycles. The molecule has 0 bridgehead atoms. The number of hydrogen-bond acceptors (Lipinski definition) is 3. The number of ether oxygens (including phenoxy) is 1. The summed E-state index contributed by atoms with van der Waals surface area (Å²) < 4.78 is 6.60. The van der Waals surface area contributed by atoms with Crippen molar-refractivity contribution < 1.29 is 14.6 Å². The number of benzene rings is 2. The number of nitriles is 1. The largest absolute Gasteiger partial charge is 0.480 e. The molecule has 0 aromatic heterocycles. The average molecular weight is 519 g/mol. The first-order chi connectivity index (χ1) is 11.4. The zero-order valence-electron chi connectivity index (χ0n) is 12.1. The van der Waals surface area contributed by atoms with Gasteiger partial charge in [0.1, 0.15) is 5.75 Å². The molecular weight excluding hydrogens is 508 g/mol. The number of carboxylic acids is 1. The van der Waals surface area contributed by atoms with Gasteiger partial charge in [0.25, 0.3) is 0 Å². The van der Waals surface area contributed by atoms with Crippen LogP contribution in [0.3, 0.4) is 0 Å². The predicted molar refractivity (Wildman–Crippen MR) is 105 cm³/mol. The number of hydrogen-bond donors (Lipinski definition) is 1. The van der Waals surface area contributed by atoms with Crippen molar-refractivity contribution in [3.63, 3.8) is 0 Å². The van der Waals surface area contributed by atoms with E-state index in [4.69, 9.17) is 21.4 Å². The van der Waals surface area contributed by atoms with Crippen molar-refractivity contribution in [1.29, 1.82) is 5.26 Å². The zero-order valence-corrected chi connectivity index (χ0v) is 16.6. The first kappa shape index (κ1) is 18.8. The molecule has 0 spiro atoms. The molecule has 7 heteroatoms. The van der Waals surface area contributed by atoms with Crippen LogP contribution in [0.2, 0.25) is 5.02 Å². The maximum Gasteiger partial charge on any atom is 0.341 e. The summed E-state index contributed by atoms with van der Waals surface area (Å²) in [4.78, 5) is 10.6. The van der Waals surface area contributed by atoms with E-state index in [9.17, 15) is 10.1 Å². The highest BCUT2D eigenvalue weighted by Gasteiger charge is 2.11. The number of rotatable bonds is 5. The average Bonchev–Trinajstić information content (AvgIpc) is 2.52. The van der Waals surface area contributed by atoms with Crippen molar-refractivity contribution in [3.8, 4) is 11.8 Å². The number of nitrogens with zero attached hydrogens (tertiary/aromatic N) is 1. The topological polar surface area (TPSA) is 70.3 Å².